The third kappa shape index (κ3) is 4.06. The van der Waals surface area contributed by atoms with Gasteiger partial charge in [0.15, 0.2) is 0 Å². The summed E-state index contributed by atoms with van der Waals surface area (Å²) in [5.74, 6) is 0.0478. The second kappa shape index (κ2) is 7.29. The van der Waals surface area contributed by atoms with E-state index in [9.17, 15) is 4.79 Å². The van der Waals surface area contributed by atoms with E-state index in [1.54, 1.807) is 0 Å². The first-order valence-corrected chi connectivity index (χ1v) is 7.42. The fourth-order valence-electron chi connectivity index (χ4n) is 2.54. The summed E-state index contributed by atoms with van der Waals surface area (Å²) in [5, 5.41) is 6.24. The van der Waals surface area contributed by atoms with Crippen LogP contribution in [0.2, 0.25) is 0 Å². The molecule has 0 radical (unpaired) electrons. The van der Waals surface area contributed by atoms with Crippen LogP contribution in [-0.2, 0) is 12.8 Å². The maximum Gasteiger partial charge on any atom is 0.251 e. The largest absolute Gasteiger partial charge is 0.351 e. The van der Waals surface area contributed by atoms with Crippen molar-refractivity contribution in [1.82, 2.24) is 10.6 Å². The Morgan fingerprint density at radius 2 is 1.89 bits per heavy atom. The van der Waals surface area contributed by atoms with E-state index < -0.39 is 0 Å². The molecule has 2 N–H and O–H groups in total. The monoisotopic (exact) mass is 260 g/mol. The van der Waals surface area contributed by atoms with E-state index in [4.69, 9.17) is 0 Å². The number of amides is 1. The van der Waals surface area contributed by atoms with Gasteiger partial charge < -0.3 is 10.6 Å². The van der Waals surface area contributed by atoms with Crippen molar-refractivity contribution >= 4 is 5.91 Å². The van der Waals surface area contributed by atoms with Crippen molar-refractivity contribution in [1.29, 1.82) is 0 Å². The quantitative estimate of drug-likeness (QED) is 0.771. The maximum atomic E-state index is 12.0. The molecule has 0 heterocycles. The van der Waals surface area contributed by atoms with Crippen LogP contribution < -0.4 is 10.6 Å². The minimum absolute atomic E-state index is 0.0478. The number of rotatable bonds is 6. The Balaban J connectivity index is 1.85. The second-order valence-electron chi connectivity index (χ2n) is 5.20. The molecule has 2 rings (SSSR count). The van der Waals surface area contributed by atoms with Crippen LogP contribution in [0.4, 0.5) is 0 Å². The average molecular weight is 260 g/mol. The van der Waals surface area contributed by atoms with Gasteiger partial charge >= 0.3 is 0 Å². The molecule has 104 valence electrons. The molecule has 0 unspecified atom stereocenters. The van der Waals surface area contributed by atoms with E-state index in [1.165, 1.54) is 24.0 Å². The molecule has 1 amide bonds. The van der Waals surface area contributed by atoms with Crippen molar-refractivity contribution in [2.45, 2.75) is 39.0 Å². The predicted molar refractivity (Wildman–Crippen MR) is 78.6 cm³/mol. The topological polar surface area (TPSA) is 41.1 Å². The standard InChI is InChI=1S/C16H24N2O/c1-2-9-17-10-11-18-16(19)15-8-7-13-5-3-4-6-14(13)12-15/h7-8,12,17H,2-6,9-11H2,1H3,(H,18,19). The lowest BCUT2D eigenvalue weighted by atomic mass is 9.90. The zero-order valence-corrected chi connectivity index (χ0v) is 11.8. The highest BCUT2D eigenvalue weighted by Gasteiger charge is 2.12. The Labute approximate surface area is 115 Å². The van der Waals surface area contributed by atoms with Gasteiger partial charge in [0.25, 0.3) is 5.91 Å². The van der Waals surface area contributed by atoms with E-state index in [0.717, 1.165) is 37.9 Å². The summed E-state index contributed by atoms with van der Waals surface area (Å²) in [5.41, 5.74) is 3.59. The van der Waals surface area contributed by atoms with Gasteiger partial charge in [-0.3, -0.25) is 4.79 Å². The highest BCUT2D eigenvalue weighted by Crippen LogP contribution is 2.22. The molecule has 3 nitrogen and oxygen atoms in total. The number of carbonyl (C=O) groups is 1. The molecule has 0 spiro atoms. The van der Waals surface area contributed by atoms with Gasteiger partial charge in [-0.1, -0.05) is 13.0 Å². The first-order valence-electron chi connectivity index (χ1n) is 7.42. The predicted octanol–water partition coefficient (Wildman–Crippen LogP) is 2.29. The fraction of sp³-hybridized carbons (Fsp3) is 0.562. The van der Waals surface area contributed by atoms with Crippen LogP contribution in [0, 0.1) is 0 Å². The number of fused-ring (bicyclic) bond motifs is 1. The molecular weight excluding hydrogens is 236 g/mol. The number of nitrogens with one attached hydrogen (secondary N) is 2. The zero-order valence-electron chi connectivity index (χ0n) is 11.8. The van der Waals surface area contributed by atoms with Gasteiger partial charge in [0.05, 0.1) is 0 Å². The lowest BCUT2D eigenvalue weighted by Gasteiger charge is -2.16. The van der Waals surface area contributed by atoms with E-state index >= 15 is 0 Å². The van der Waals surface area contributed by atoms with Gasteiger partial charge in [0.2, 0.25) is 0 Å². The Morgan fingerprint density at radius 1 is 1.11 bits per heavy atom. The van der Waals surface area contributed by atoms with Crippen molar-refractivity contribution in [3.05, 3.63) is 34.9 Å². The Bertz CT molecular complexity index is 429. The molecule has 0 saturated heterocycles. The summed E-state index contributed by atoms with van der Waals surface area (Å²) in [6.45, 7) is 4.67. The summed E-state index contributed by atoms with van der Waals surface area (Å²) in [6, 6.07) is 6.15. The molecule has 1 aliphatic rings. The minimum Gasteiger partial charge on any atom is -0.351 e. The first kappa shape index (κ1) is 14.1. The van der Waals surface area contributed by atoms with Gasteiger partial charge in [-0.05, 0) is 61.9 Å². The summed E-state index contributed by atoms with van der Waals surface area (Å²) in [4.78, 5) is 12.0. The summed E-state index contributed by atoms with van der Waals surface area (Å²) < 4.78 is 0. The lowest BCUT2D eigenvalue weighted by Crippen LogP contribution is -2.32. The fourth-order valence-corrected chi connectivity index (χ4v) is 2.54. The third-order valence-electron chi connectivity index (χ3n) is 3.62. The van der Waals surface area contributed by atoms with Crippen LogP contribution in [0.15, 0.2) is 18.2 Å². The van der Waals surface area contributed by atoms with Crippen LogP contribution >= 0.6 is 0 Å². The molecule has 0 aromatic heterocycles. The maximum absolute atomic E-state index is 12.0. The van der Waals surface area contributed by atoms with Crippen LogP contribution in [0.25, 0.3) is 0 Å². The molecule has 1 aliphatic carbocycles. The number of aryl methyl sites for hydroxylation is 2. The molecular formula is C16H24N2O. The number of hydrogen-bond donors (Lipinski definition) is 2. The molecule has 1 aromatic carbocycles. The van der Waals surface area contributed by atoms with E-state index in [0.29, 0.717) is 6.54 Å². The molecule has 0 aliphatic heterocycles. The Morgan fingerprint density at radius 3 is 2.68 bits per heavy atom. The van der Waals surface area contributed by atoms with Crippen LogP contribution in [0.1, 0.15) is 47.7 Å². The van der Waals surface area contributed by atoms with Crippen LogP contribution in [0.5, 0.6) is 0 Å². The van der Waals surface area contributed by atoms with Gasteiger partial charge in [-0.25, -0.2) is 0 Å². The summed E-state index contributed by atoms with van der Waals surface area (Å²) in [7, 11) is 0. The number of benzene rings is 1. The summed E-state index contributed by atoms with van der Waals surface area (Å²) in [6.07, 6.45) is 5.94. The Hall–Kier alpha value is -1.35. The van der Waals surface area contributed by atoms with Gasteiger partial charge in [0, 0.05) is 18.7 Å². The molecule has 0 atom stereocenters. The van der Waals surface area contributed by atoms with Crippen molar-refractivity contribution in [3.8, 4) is 0 Å². The van der Waals surface area contributed by atoms with Crippen molar-refractivity contribution in [2.24, 2.45) is 0 Å². The average Bonchev–Trinajstić information content (AvgIpc) is 2.46. The highest BCUT2D eigenvalue weighted by atomic mass is 16.1. The van der Waals surface area contributed by atoms with Gasteiger partial charge in [-0.2, -0.15) is 0 Å². The van der Waals surface area contributed by atoms with Crippen molar-refractivity contribution < 1.29 is 4.79 Å². The van der Waals surface area contributed by atoms with Crippen LogP contribution in [0.3, 0.4) is 0 Å². The van der Waals surface area contributed by atoms with Crippen molar-refractivity contribution in [2.75, 3.05) is 19.6 Å². The lowest BCUT2D eigenvalue weighted by molar-refractivity contribution is 0.0954. The molecule has 3 heteroatoms. The van der Waals surface area contributed by atoms with E-state index in [1.807, 2.05) is 6.07 Å². The normalized spacial score (nSPS) is 13.9. The highest BCUT2D eigenvalue weighted by molar-refractivity contribution is 5.94. The van der Waals surface area contributed by atoms with Crippen LogP contribution in [-0.4, -0.2) is 25.5 Å². The van der Waals surface area contributed by atoms with Gasteiger partial charge in [0.1, 0.15) is 0 Å². The van der Waals surface area contributed by atoms with Gasteiger partial charge in [-0.15, -0.1) is 0 Å². The first-order chi connectivity index (χ1) is 9.31. The molecule has 0 bridgehead atoms. The van der Waals surface area contributed by atoms with E-state index in [2.05, 4.69) is 29.7 Å². The number of carbonyl (C=O) groups excluding carboxylic acids is 1. The third-order valence-corrected chi connectivity index (χ3v) is 3.62. The minimum atomic E-state index is 0.0478. The molecule has 0 fully saturated rings. The van der Waals surface area contributed by atoms with E-state index in [-0.39, 0.29) is 5.91 Å². The number of hydrogen-bond acceptors (Lipinski definition) is 2. The molecule has 0 saturated carbocycles. The van der Waals surface area contributed by atoms with Crippen molar-refractivity contribution in [3.63, 3.8) is 0 Å². The SMILES string of the molecule is CCCNCCNC(=O)c1ccc2c(c1)CCCC2. The second-order valence-corrected chi connectivity index (χ2v) is 5.20. The Kier molecular flexibility index (Phi) is 5.40. The zero-order chi connectivity index (χ0) is 13.5. The summed E-state index contributed by atoms with van der Waals surface area (Å²) >= 11 is 0. The smallest absolute Gasteiger partial charge is 0.251 e. The molecule has 19 heavy (non-hydrogen) atoms. The molecule has 1 aromatic rings.